The van der Waals surface area contributed by atoms with Crippen LogP contribution in [0.25, 0.3) is 0 Å². The van der Waals surface area contributed by atoms with Crippen LogP contribution in [0.1, 0.15) is 99.8 Å². The van der Waals surface area contributed by atoms with Crippen LogP contribution in [-0.2, 0) is 4.79 Å². The highest BCUT2D eigenvalue weighted by molar-refractivity contribution is 5.75. The lowest BCUT2D eigenvalue weighted by Crippen LogP contribution is -2.61. The zero-order valence-corrected chi connectivity index (χ0v) is 20.8. The molecule has 4 fully saturated rings. The van der Waals surface area contributed by atoms with Crippen LogP contribution in [0.2, 0.25) is 0 Å². The molecule has 0 aromatic heterocycles. The Morgan fingerprint density at radius 1 is 1.00 bits per heavy atom. The average Bonchev–Trinajstić information content (AvgIpc) is 3.05. The monoisotopic (exact) mass is 416 g/mol. The maximum absolute atomic E-state index is 11.6. The van der Waals surface area contributed by atoms with Crippen LogP contribution in [0, 0.1) is 64.1 Å². The van der Waals surface area contributed by atoms with Crippen molar-refractivity contribution in [2.24, 2.45) is 64.1 Å². The van der Waals surface area contributed by atoms with Crippen LogP contribution >= 0.6 is 0 Å². The van der Waals surface area contributed by atoms with Gasteiger partial charge in [0.2, 0.25) is 0 Å². The highest BCUT2D eigenvalue weighted by Gasteiger charge is 2.65. The summed E-state index contributed by atoms with van der Waals surface area (Å²) >= 11 is 0. The molecule has 4 aliphatic carbocycles. The third kappa shape index (κ3) is 3.25. The van der Waals surface area contributed by atoms with Gasteiger partial charge in [-0.1, -0.05) is 41.5 Å². The minimum Gasteiger partial charge on any atom is -0.393 e. The molecule has 0 aliphatic heterocycles. The molecule has 0 amide bonds. The molecule has 4 saturated carbocycles. The van der Waals surface area contributed by atoms with E-state index in [1.165, 1.54) is 25.7 Å². The first-order valence-electron chi connectivity index (χ1n) is 13.2. The molecule has 6 unspecified atom stereocenters. The van der Waals surface area contributed by atoms with Gasteiger partial charge in [0, 0.05) is 6.42 Å². The highest BCUT2D eigenvalue weighted by atomic mass is 16.3. The summed E-state index contributed by atoms with van der Waals surface area (Å²) in [7, 11) is 0. The van der Waals surface area contributed by atoms with Crippen molar-refractivity contribution in [3.8, 4) is 0 Å². The van der Waals surface area contributed by atoms with E-state index in [9.17, 15) is 9.90 Å². The van der Waals surface area contributed by atoms with Crippen molar-refractivity contribution in [2.45, 2.75) is 106 Å². The van der Waals surface area contributed by atoms with E-state index in [1.54, 1.807) is 6.92 Å². The molecule has 4 rings (SSSR count). The lowest BCUT2D eigenvalue weighted by Gasteiger charge is -2.66. The first-order chi connectivity index (χ1) is 14.0. The molecule has 0 radical (unpaired) electrons. The topological polar surface area (TPSA) is 37.3 Å². The van der Waals surface area contributed by atoms with Crippen molar-refractivity contribution in [3.63, 3.8) is 0 Å². The van der Waals surface area contributed by atoms with Crippen LogP contribution in [0.4, 0.5) is 0 Å². The number of ketones is 1. The smallest absolute Gasteiger partial charge is 0.129 e. The number of hydrogen-bond donors (Lipinski definition) is 1. The van der Waals surface area contributed by atoms with Gasteiger partial charge in [-0.05, 0) is 116 Å². The molecule has 2 nitrogen and oxygen atoms in total. The van der Waals surface area contributed by atoms with E-state index in [-0.39, 0.29) is 6.10 Å². The zero-order valence-electron chi connectivity index (χ0n) is 20.8. The van der Waals surface area contributed by atoms with Gasteiger partial charge < -0.3 is 9.90 Å². The van der Waals surface area contributed by atoms with Crippen molar-refractivity contribution in [1.82, 2.24) is 0 Å². The van der Waals surface area contributed by atoms with Crippen molar-refractivity contribution in [2.75, 3.05) is 0 Å². The molecule has 2 heteroatoms. The van der Waals surface area contributed by atoms with Crippen LogP contribution < -0.4 is 0 Å². The molecule has 30 heavy (non-hydrogen) atoms. The number of carbonyl (C=O) groups is 1. The number of aliphatic hydroxyl groups is 1. The van der Waals surface area contributed by atoms with Crippen LogP contribution in [0.3, 0.4) is 0 Å². The van der Waals surface area contributed by atoms with Crippen LogP contribution in [0.15, 0.2) is 0 Å². The quantitative estimate of drug-likeness (QED) is 0.550. The third-order valence-electron chi connectivity index (χ3n) is 11.9. The Labute approximate surface area is 186 Å². The van der Waals surface area contributed by atoms with Gasteiger partial charge in [0.1, 0.15) is 5.78 Å². The van der Waals surface area contributed by atoms with E-state index in [1.807, 2.05) is 0 Å². The van der Waals surface area contributed by atoms with Gasteiger partial charge >= 0.3 is 0 Å². The van der Waals surface area contributed by atoms with Gasteiger partial charge in [-0.25, -0.2) is 0 Å². The van der Waals surface area contributed by atoms with Gasteiger partial charge in [0.25, 0.3) is 0 Å². The Hall–Kier alpha value is -0.370. The number of aliphatic hydroxyl groups excluding tert-OH is 1. The minimum absolute atomic E-state index is 0.0708. The molecular weight excluding hydrogens is 368 g/mol. The molecule has 4 aliphatic rings. The molecule has 172 valence electrons. The predicted octanol–water partition coefficient (Wildman–Crippen LogP) is 6.75. The molecule has 0 bridgehead atoms. The maximum atomic E-state index is 11.6. The Morgan fingerprint density at radius 3 is 2.37 bits per heavy atom. The maximum Gasteiger partial charge on any atom is 0.129 e. The number of hydrogen-bond acceptors (Lipinski definition) is 2. The Kier molecular flexibility index (Phi) is 6.00. The van der Waals surface area contributed by atoms with E-state index in [0.717, 1.165) is 67.1 Å². The molecule has 0 aromatic carbocycles. The third-order valence-corrected chi connectivity index (χ3v) is 11.9. The van der Waals surface area contributed by atoms with Crippen LogP contribution in [-0.4, -0.2) is 17.0 Å². The lowest BCUT2D eigenvalue weighted by molar-refractivity contribution is -0.188. The first kappa shape index (κ1) is 22.8. The second-order valence-electron chi connectivity index (χ2n) is 13.0. The summed E-state index contributed by atoms with van der Waals surface area (Å²) in [5.74, 6) is 7.26. The fourth-order valence-corrected chi connectivity index (χ4v) is 9.97. The molecule has 12 atom stereocenters. The van der Waals surface area contributed by atoms with E-state index in [0.29, 0.717) is 28.4 Å². The highest BCUT2D eigenvalue weighted by Crippen LogP contribution is 2.71. The van der Waals surface area contributed by atoms with Crippen molar-refractivity contribution >= 4 is 5.78 Å². The summed E-state index contributed by atoms with van der Waals surface area (Å²) in [6, 6.07) is 0. The lowest BCUT2D eigenvalue weighted by atomic mass is 9.39. The average molecular weight is 417 g/mol. The summed E-state index contributed by atoms with van der Waals surface area (Å²) in [6.45, 7) is 17.1. The number of rotatable bonds is 4. The van der Waals surface area contributed by atoms with Crippen molar-refractivity contribution < 1.29 is 9.90 Å². The second kappa shape index (κ2) is 7.89. The SMILES string of the molecule is CC(=O)CCC(C)[C@H]1CC[C@H]2C3C(C)C(C)[C@@H]4CC(O)CC[C@]4(C)[C@H]3CC(C)[C@]12C. The van der Waals surface area contributed by atoms with E-state index in [4.69, 9.17) is 0 Å². The van der Waals surface area contributed by atoms with Gasteiger partial charge in [-0.15, -0.1) is 0 Å². The summed E-state index contributed by atoms with van der Waals surface area (Å²) < 4.78 is 0. The van der Waals surface area contributed by atoms with E-state index in [2.05, 4.69) is 41.5 Å². The Balaban J connectivity index is 1.64. The summed E-state index contributed by atoms with van der Waals surface area (Å²) in [5.41, 5.74) is 0.854. The fraction of sp³-hybridized carbons (Fsp3) is 0.964. The van der Waals surface area contributed by atoms with Gasteiger partial charge in [-0.3, -0.25) is 0 Å². The van der Waals surface area contributed by atoms with Gasteiger partial charge in [-0.2, -0.15) is 0 Å². The number of Topliss-reactive ketones (excluding diaryl/α,β-unsaturated/α-hetero) is 1. The standard InChI is InChI=1S/C28H48O2/c1-16(8-9-18(3)29)22-10-11-23-26-20(5)19(4)24-15-21(30)12-13-27(24,6)25(26)14-17(2)28(22,23)7/h16-17,19-26,30H,8-15H2,1-7H3/t16?,17?,19?,20?,21?,22-,23+,24+,25+,26?,27+,28-/m1/s1. The van der Waals surface area contributed by atoms with Gasteiger partial charge in [0.05, 0.1) is 6.10 Å². The van der Waals surface area contributed by atoms with E-state index >= 15 is 0 Å². The normalized spacial score (nSPS) is 54.1. The van der Waals surface area contributed by atoms with Crippen molar-refractivity contribution in [3.05, 3.63) is 0 Å². The minimum atomic E-state index is -0.0708. The molecule has 0 aromatic rings. The summed E-state index contributed by atoms with van der Waals surface area (Å²) in [5, 5.41) is 10.5. The molecule has 0 saturated heterocycles. The molecule has 0 heterocycles. The molecule has 1 N–H and O–H groups in total. The first-order valence-corrected chi connectivity index (χ1v) is 13.2. The van der Waals surface area contributed by atoms with E-state index < -0.39 is 0 Å². The van der Waals surface area contributed by atoms with Gasteiger partial charge in [0.15, 0.2) is 0 Å². The number of carbonyl (C=O) groups excluding carboxylic acids is 1. The fourth-order valence-electron chi connectivity index (χ4n) is 9.97. The molecular formula is C28H48O2. The van der Waals surface area contributed by atoms with Crippen molar-refractivity contribution in [1.29, 1.82) is 0 Å². The second-order valence-corrected chi connectivity index (χ2v) is 13.0. The molecule has 0 spiro atoms. The summed E-state index contributed by atoms with van der Waals surface area (Å²) in [4.78, 5) is 11.6. The largest absolute Gasteiger partial charge is 0.393 e. The number of fused-ring (bicyclic) bond motifs is 5. The Bertz CT molecular complexity index is 657. The zero-order chi connectivity index (χ0) is 22.0. The predicted molar refractivity (Wildman–Crippen MR) is 124 cm³/mol. The Morgan fingerprint density at radius 2 is 1.70 bits per heavy atom. The van der Waals surface area contributed by atoms with Crippen LogP contribution in [0.5, 0.6) is 0 Å². The summed E-state index contributed by atoms with van der Waals surface area (Å²) in [6.07, 6.45) is 9.19.